The van der Waals surface area contributed by atoms with E-state index < -0.39 is 0 Å². The Labute approximate surface area is 153 Å². The molecule has 6 heteroatoms. The zero-order chi connectivity index (χ0) is 18.8. The predicted molar refractivity (Wildman–Crippen MR) is 102 cm³/mol. The first-order valence-corrected chi connectivity index (χ1v) is 9.98. The van der Waals surface area contributed by atoms with Gasteiger partial charge in [0.1, 0.15) is 6.10 Å². The van der Waals surface area contributed by atoms with Crippen LogP contribution in [0, 0.1) is 0 Å². The Morgan fingerprint density at radius 3 is 1.96 bits per heavy atom. The smallest absolute Gasteiger partial charge is 0.407 e. The SMILES string of the molecule is CCN(C)CCNC(=O)OC(CCCCCCO)CCCCCCO. The van der Waals surface area contributed by atoms with E-state index >= 15 is 0 Å². The molecule has 6 nitrogen and oxygen atoms in total. The first-order valence-electron chi connectivity index (χ1n) is 9.98. The van der Waals surface area contributed by atoms with Gasteiger partial charge in [0.2, 0.25) is 0 Å². The van der Waals surface area contributed by atoms with E-state index in [2.05, 4.69) is 17.1 Å². The molecular weight excluding hydrogens is 320 g/mol. The van der Waals surface area contributed by atoms with Crippen LogP contribution in [0.3, 0.4) is 0 Å². The summed E-state index contributed by atoms with van der Waals surface area (Å²) in [6.07, 6.45) is 9.32. The Morgan fingerprint density at radius 1 is 0.960 bits per heavy atom. The molecule has 0 bridgehead atoms. The van der Waals surface area contributed by atoms with E-state index in [0.29, 0.717) is 6.54 Å². The molecule has 150 valence electrons. The lowest BCUT2D eigenvalue weighted by Gasteiger charge is -2.19. The van der Waals surface area contributed by atoms with Gasteiger partial charge in [-0.1, -0.05) is 32.6 Å². The number of alkyl carbamates (subject to hydrolysis) is 1. The minimum absolute atomic E-state index is 0.0350. The third-order valence-corrected chi connectivity index (χ3v) is 4.44. The molecule has 0 aliphatic carbocycles. The van der Waals surface area contributed by atoms with Gasteiger partial charge >= 0.3 is 6.09 Å². The molecule has 1 amide bonds. The zero-order valence-electron chi connectivity index (χ0n) is 16.3. The van der Waals surface area contributed by atoms with Gasteiger partial charge in [0.15, 0.2) is 0 Å². The van der Waals surface area contributed by atoms with Crippen molar-refractivity contribution < 1.29 is 19.7 Å². The molecule has 0 saturated heterocycles. The number of carbonyl (C=O) groups excluding carboxylic acids is 1. The fourth-order valence-electron chi connectivity index (χ4n) is 2.64. The van der Waals surface area contributed by atoms with Gasteiger partial charge in [-0.05, 0) is 52.1 Å². The molecular formula is C19H40N2O4. The Morgan fingerprint density at radius 2 is 1.48 bits per heavy atom. The number of nitrogens with one attached hydrogen (secondary N) is 1. The predicted octanol–water partition coefficient (Wildman–Crippen LogP) is 2.92. The van der Waals surface area contributed by atoms with Crippen LogP contribution in [0.25, 0.3) is 0 Å². The van der Waals surface area contributed by atoms with Crippen LogP contribution >= 0.6 is 0 Å². The summed E-state index contributed by atoms with van der Waals surface area (Å²) in [5.74, 6) is 0. The minimum atomic E-state index is -0.319. The Bertz CT molecular complexity index is 289. The molecule has 0 heterocycles. The topological polar surface area (TPSA) is 82.0 Å². The van der Waals surface area contributed by atoms with Gasteiger partial charge in [0.25, 0.3) is 0 Å². The van der Waals surface area contributed by atoms with Crippen LogP contribution in [0.1, 0.15) is 71.1 Å². The van der Waals surface area contributed by atoms with E-state index in [1.54, 1.807) is 0 Å². The molecule has 0 fully saturated rings. The Kier molecular flexibility index (Phi) is 17.3. The molecule has 0 aromatic carbocycles. The van der Waals surface area contributed by atoms with E-state index in [0.717, 1.165) is 77.3 Å². The normalized spacial score (nSPS) is 11.3. The lowest BCUT2D eigenvalue weighted by molar-refractivity contribution is 0.0835. The fraction of sp³-hybridized carbons (Fsp3) is 0.947. The molecule has 3 N–H and O–H groups in total. The maximum absolute atomic E-state index is 12.0. The van der Waals surface area contributed by atoms with Gasteiger partial charge < -0.3 is 25.2 Å². The second-order valence-electron chi connectivity index (χ2n) is 6.70. The van der Waals surface area contributed by atoms with E-state index in [-0.39, 0.29) is 25.4 Å². The lowest BCUT2D eigenvalue weighted by Crippen LogP contribution is -2.35. The Balaban J connectivity index is 4.05. The van der Waals surface area contributed by atoms with Crippen LogP contribution in [-0.4, -0.2) is 67.2 Å². The average molecular weight is 361 g/mol. The van der Waals surface area contributed by atoms with Gasteiger partial charge in [-0.25, -0.2) is 4.79 Å². The summed E-state index contributed by atoms with van der Waals surface area (Å²) in [7, 11) is 2.02. The zero-order valence-corrected chi connectivity index (χ0v) is 16.3. The number of carbonyl (C=O) groups is 1. The maximum Gasteiger partial charge on any atom is 0.407 e. The highest BCUT2D eigenvalue weighted by molar-refractivity contribution is 5.67. The summed E-state index contributed by atoms with van der Waals surface area (Å²) in [6.45, 7) is 4.96. The van der Waals surface area contributed by atoms with Crippen LogP contribution in [0.2, 0.25) is 0 Å². The second-order valence-corrected chi connectivity index (χ2v) is 6.70. The first-order chi connectivity index (χ1) is 12.1. The summed E-state index contributed by atoms with van der Waals surface area (Å²) in [6, 6.07) is 0. The van der Waals surface area contributed by atoms with E-state index in [1.165, 1.54) is 0 Å². The number of hydrogen-bond acceptors (Lipinski definition) is 5. The molecule has 0 spiro atoms. The van der Waals surface area contributed by atoms with Gasteiger partial charge in [0.05, 0.1) is 0 Å². The monoisotopic (exact) mass is 360 g/mol. The standard InChI is InChI=1S/C19H40N2O4/c1-3-21(2)15-14-20-19(24)25-18(12-8-4-6-10-16-22)13-9-5-7-11-17-23/h18,22-23H,3-17H2,1-2H3,(H,20,24). The number of aliphatic hydroxyl groups excluding tert-OH is 2. The maximum atomic E-state index is 12.0. The van der Waals surface area contributed by atoms with Crippen LogP contribution in [0.4, 0.5) is 4.79 Å². The average Bonchev–Trinajstić information content (AvgIpc) is 2.60. The van der Waals surface area contributed by atoms with Crippen molar-refractivity contribution in [2.75, 3.05) is 39.9 Å². The molecule has 0 saturated carbocycles. The summed E-state index contributed by atoms with van der Waals surface area (Å²) >= 11 is 0. The quantitative estimate of drug-likeness (QED) is 0.347. The molecule has 0 rings (SSSR count). The fourth-order valence-corrected chi connectivity index (χ4v) is 2.64. The number of unbranched alkanes of at least 4 members (excludes halogenated alkanes) is 6. The van der Waals surface area contributed by atoms with E-state index in [1.807, 2.05) is 7.05 Å². The molecule has 0 radical (unpaired) electrons. The number of ether oxygens (including phenoxy) is 1. The number of rotatable bonds is 17. The second kappa shape index (κ2) is 18.0. The van der Waals surface area contributed by atoms with Gasteiger partial charge in [-0.15, -0.1) is 0 Å². The largest absolute Gasteiger partial charge is 0.446 e. The highest BCUT2D eigenvalue weighted by atomic mass is 16.6. The number of aliphatic hydroxyl groups is 2. The van der Waals surface area contributed by atoms with Crippen LogP contribution in [0.15, 0.2) is 0 Å². The molecule has 0 atom stereocenters. The van der Waals surface area contributed by atoms with Crippen LogP contribution in [-0.2, 0) is 4.74 Å². The van der Waals surface area contributed by atoms with Crippen LogP contribution in [0.5, 0.6) is 0 Å². The lowest BCUT2D eigenvalue weighted by atomic mass is 10.0. The molecule has 0 aromatic rings. The van der Waals surface area contributed by atoms with Gasteiger partial charge in [0, 0.05) is 26.3 Å². The summed E-state index contributed by atoms with van der Waals surface area (Å²) in [5, 5.41) is 20.5. The Hall–Kier alpha value is -0.850. The van der Waals surface area contributed by atoms with Crippen molar-refractivity contribution in [3.05, 3.63) is 0 Å². The summed E-state index contributed by atoms with van der Waals surface area (Å²) in [4.78, 5) is 14.1. The van der Waals surface area contributed by atoms with E-state index in [4.69, 9.17) is 14.9 Å². The summed E-state index contributed by atoms with van der Waals surface area (Å²) < 4.78 is 5.61. The van der Waals surface area contributed by atoms with Crippen molar-refractivity contribution in [2.24, 2.45) is 0 Å². The van der Waals surface area contributed by atoms with Crippen molar-refractivity contribution in [1.82, 2.24) is 10.2 Å². The number of nitrogens with zero attached hydrogens (tertiary/aromatic N) is 1. The van der Waals surface area contributed by atoms with Gasteiger partial charge in [-0.2, -0.15) is 0 Å². The van der Waals surface area contributed by atoms with Crippen molar-refractivity contribution >= 4 is 6.09 Å². The highest BCUT2D eigenvalue weighted by Crippen LogP contribution is 2.15. The number of amides is 1. The molecule has 0 aromatic heterocycles. The summed E-state index contributed by atoms with van der Waals surface area (Å²) in [5.41, 5.74) is 0. The third kappa shape index (κ3) is 16.4. The molecule has 0 aliphatic rings. The van der Waals surface area contributed by atoms with Gasteiger partial charge in [-0.3, -0.25) is 0 Å². The van der Waals surface area contributed by atoms with Crippen LogP contribution < -0.4 is 5.32 Å². The van der Waals surface area contributed by atoms with Crippen molar-refractivity contribution in [1.29, 1.82) is 0 Å². The highest BCUT2D eigenvalue weighted by Gasteiger charge is 2.14. The van der Waals surface area contributed by atoms with E-state index in [9.17, 15) is 4.79 Å². The third-order valence-electron chi connectivity index (χ3n) is 4.44. The van der Waals surface area contributed by atoms with Crippen molar-refractivity contribution in [3.8, 4) is 0 Å². The van der Waals surface area contributed by atoms with Crippen molar-refractivity contribution in [3.63, 3.8) is 0 Å². The number of likely N-dealkylation sites (N-methyl/N-ethyl adjacent to an activating group) is 1. The molecule has 0 unspecified atom stereocenters. The number of hydrogen-bond donors (Lipinski definition) is 3. The minimum Gasteiger partial charge on any atom is -0.446 e. The first kappa shape index (κ1) is 24.1. The van der Waals surface area contributed by atoms with Crippen molar-refractivity contribution in [2.45, 2.75) is 77.2 Å². The molecule has 0 aliphatic heterocycles. The molecule has 25 heavy (non-hydrogen) atoms.